The average Bonchev–Trinajstić information content (AvgIpc) is 2.55. The largest absolute Gasteiger partial charge is 0.303 e. The van der Waals surface area contributed by atoms with Crippen molar-refractivity contribution in [3.8, 4) is 0 Å². The van der Waals surface area contributed by atoms with Crippen LogP contribution in [0.2, 0.25) is 0 Å². The highest BCUT2D eigenvalue weighted by Gasteiger charge is 2.19. The summed E-state index contributed by atoms with van der Waals surface area (Å²) in [5.41, 5.74) is 2.62. The summed E-state index contributed by atoms with van der Waals surface area (Å²) < 4.78 is 0. The van der Waals surface area contributed by atoms with E-state index in [2.05, 4.69) is 9.88 Å². The maximum atomic E-state index is 10.7. The van der Waals surface area contributed by atoms with Gasteiger partial charge in [0.2, 0.25) is 0 Å². The topological polar surface area (TPSA) is 33.2 Å². The summed E-state index contributed by atoms with van der Waals surface area (Å²) in [7, 11) is 2.00. The number of nitrogens with zero attached hydrogens (tertiary/aromatic N) is 2. The lowest BCUT2D eigenvalue weighted by Gasteiger charge is -2.24. The minimum absolute atomic E-state index is 0.273. The van der Waals surface area contributed by atoms with Crippen molar-refractivity contribution in [2.45, 2.75) is 20.4 Å². The smallest absolute Gasteiger partial charge is 0.126 e. The van der Waals surface area contributed by atoms with Crippen molar-refractivity contribution in [3.05, 3.63) is 16.6 Å². The third-order valence-corrected chi connectivity index (χ3v) is 2.55. The molecule has 0 saturated carbocycles. The zero-order valence-electron chi connectivity index (χ0n) is 8.86. The summed E-state index contributed by atoms with van der Waals surface area (Å²) in [5.74, 6) is 0. The first-order chi connectivity index (χ1) is 6.53. The molecule has 1 rings (SSSR count). The van der Waals surface area contributed by atoms with Gasteiger partial charge in [0.05, 0.1) is 11.2 Å². The van der Waals surface area contributed by atoms with E-state index in [-0.39, 0.29) is 5.41 Å². The Kier molecular flexibility index (Phi) is 3.77. The second-order valence-corrected chi connectivity index (χ2v) is 4.98. The van der Waals surface area contributed by atoms with Gasteiger partial charge in [0.15, 0.2) is 0 Å². The summed E-state index contributed by atoms with van der Waals surface area (Å²) in [6, 6.07) is 0. The minimum atomic E-state index is -0.273. The van der Waals surface area contributed by atoms with E-state index in [1.54, 1.807) is 11.3 Å². The molecule has 0 fully saturated rings. The zero-order valence-corrected chi connectivity index (χ0v) is 9.67. The SMILES string of the molecule is CN(Cc1cscn1)CC(C)(C)C=O. The van der Waals surface area contributed by atoms with Crippen molar-refractivity contribution in [1.29, 1.82) is 0 Å². The molecule has 0 amide bonds. The number of carbonyl (C=O) groups excluding carboxylic acids is 1. The average molecular weight is 212 g/mol. The van der Waals surface area contributed by atoms with Crippen molar-refractivity contribution in [1.82, 2.24) is 9.88 Å². The van der Waals surface area contributed by atoms with Gasteiger partial charge in [0, 0.05) is 23.9 Å². The third-order valence-electron chi connectivity index (χ3n) is 1.91. The van der Waals surface area contributed by atoms with Crippen LogP contribution >= 0.6 is 11.3 Å². The van der Waals surface area contributed by atoms with Gasteiger partial charge in [-0.2, -0.15) is 0 Å². The fraction of sp³-hybridized carbons (Fsp3) is 0.600. The van der Waals surface area contributed by atoms with Gasteiger partial charge in [-0.15, -0.1) is 11.3 Å². The van der Waals surface area contributed by atoms with Crippen molar-refractivity contribution < 1.29 is 4.79 Å². The molecule has 0 aliphatic carbocycles. The summed E-state index contributed by atoms with van der Waals surface area (Å²) >= 11 is 1.60. The maximum absolute atomic E-state index is 10.7. The number of hydrogen-bond donors (Lipinski definition) is 0. The molecule has 1 aromatic heterocycles. The van der Waals surface area contributed by atoms with Crippen LogP contribution in [-0.2, 0) is 11.3 Å². The molecule has 0 N–H and O–H groups in total. The van der Waals surface area contributed by atoms with Crippen LogP contribution < -0.4 is 0 Å². The lowest BCUT2D eigenvalue weighted by molar-refractivity contribution is -0.115. The van der Waals surface area contributed by atoms with Gasteiger partial charge in [0.1, 0.15) is 6.29 Å². The number of aromatic nitrogens is 1. The molecule has 0 saturated heterocycles. The predicted octanol–water partition coefficient (Wildman–Crippen LogP) is 1.80. The summed E-state index contributed by atoms with van der Waals surface area (Å²) in [5, 5.41) is 2.03. The molecule has 0 aromatic carbocycles. The Hall–Kier alpha value is -0.740. The summed E-state index contributed by atoms with van der Waals surface area (Å²) in [6.45, 7) is 5.45. The van der Waals surface area contributed by atoms with Crippen LogP contribution in [0.25, 0.3) is 0 Å². The first-order valence-electron chi connectivity index (χ1n) is 4.55. The molecule has 3 nitrogen and oxygen atoms in total. The molecule has 0 unspecified atom stereocenters. The van der Waals surface area contributed by atoms with Crippen LogP contribution in [-0.4, -0.2) is 29.8 Å². The number of carbonyl (C=O) groups is 1. The molecule has 0 spiro atoms. The molecule has 0 atom stereocenters. The molecule has 78 valence electrons. The first-order valence-corrected chi connectivity index (χ1v) is 5.50. The van der Waals surface area contributed by atoms with Gasteiger partial charge in [-0.25, -0.2) is 4.98 Å². The van der Waals surface area contributed by atoms with E-state index in [4.69, 9.17) is 0 Å². The molecular weight excluding hydrogens is 196 g/mol. The van der Waals surface area contributed by atoms with Crippen LogP contribution in [0.4, 0.5) is 0 Å². The van der Waals surface area contributed by atoms with E-state index in [1.165, 1.54) is 0 Å². The van der Waals surface area contributed by atoms with Gasteiger partial charge in [0.25, 0.3) is 0 Å². The van der Waals surface area contributed by atoms with Crippen LogP contribution in [0, 0.1) is 5.41 Å². The van der Waals surface area contributed by atoms with Crippen molar-refractivity contribution in [2.24, 2.45) is 5.41 Å². The molecule has 0 aliphatic rings. The Bertz CT molecular complexity index is 282. The molecule has 1 heterocycles. The van der Waals surface area contributed by atoms with E-state index in [1.807, 2.05) is 31.8 Å². The highest BCUT2D eigenvalue weighted by molar-refractivity contribution is 7.07. The number of aldehydes is 1. The lowest BCUT2D eigenvalue weighted by atomic mass is 9.95. The van der Waals surface area contributed by atoms with Gasteiger partial charge in [-0.05, 0) is 7.05 Å². The molecule has 4 heteroatoms. The van der Waals surface area contributed by atoms with E-state index in [0.29, 0.717) is 0 Å². The van der Waals surface area contributed by atoms with Crippen LogP contribution in [0.5, 0.6) is 0 Å². The second kappa shape index (κ2) is 4.66. The fourth-order valence-electron chi connectivity index (χ4n) is 1.38. The molecule has 1 aromatic rings. The highest BCUT2D eigenvalue weighted by Crippen LogP contribution is 2.14. The molecular formula is C10H16N2OS. The van der Waals surface area contributed by atoms with Crippen LogP contribution in [0.1, 0.15) is 19.5 Å². The van der Waals surface area contributed by atoms with Gasteiger partial charge in [-0.1, -0.05) is 13.8 Å². The number of hydrogen-bond acceptors (Lipinski definition) is 4. The van der Waals surface area contributed by atoms with Gasteiger partial charge < -0.3 is 4.79 Å². The first kappa shape index (κ1) is 11.3. The van der Waals surface area contributed by atoms with E-state index in [9.17, 15) is 4.79 Å². The molecule has 14 heavy (non-hydrogen) atoms. The Morgan fingerprint density at radius 3 is 2.86 bits per heavy atom. The van der Waals surface area contributed by atoms with E-state index in [0.717, 1.165) is 25.1 Å². The van der Waals surface area contributed by atoms with Gasteiger partial charge in [-0.3, -0.25) is 4.90 Å². The maximum Gasteiger partial charge on any atom is 0.126 e. The highest BCUT2D eigenvalue weighted by atomic mass is 32.1. The Morgan fingerprint density at radius 1 is 1.64 bits per heavy atom. The van der Waals surface area contributed by atoms with Crippen LogP contribution in [0.3, 0.4) is 0 Å². The molecule has 0 bridgehead atoms. The molecule has 0 radical (unpaired) electrons. The standard InChI is InChI=1S/C10H16N2OS/c1-10(2,7-13)6-12(3)4-9-5-14-8-11-9/h5,7-8H,4,6H2,1-3H3. The third kappa shape index (κ3) is 3.55. The zero-order chi connectivity index (χ0) is 10.6. The minimum Gasteiger partial charge on any atom is -0.303 e. The Morgan fingerprint density at radius 2 is 2.36 bits per heavy atom. The summed E-state index contributed by atoms with van der Waals surface area (Å²) in [4.78, 5) is 17.0. The van der Waals surface area contributed by atoms with E-state index >= 15 is 0 Å². The number of thiazole rings is 1. The van der Waals surface area contributed by atoms with Crippen molar-refractivity contribution in [2.75, 3.05) is 13.6 Å². The Balaban J connectivity index is 2.43. The monoisotopic (exact) mass is 212 g/mol. The summed E-state index contributed by atoms with van der Waals surface area (Å²) in [6.07, 6.45) is 1.00. The lowest BCUT2D eigenvalue weighted by Crippen LogP contribution is -2.32. The van der Waals surface area contributed by atoms with E-state index < -0.39 is 0 Å². The van der Waals surface area contributed by atoms with Gasteiger partial charge >= 0.3 is 0 Å². The second-order valence-electron chi connectivity index (χ2n) is 4.26. The molecule has 0 aliphatic heterocycles. The van der Waals surface area contributed by atoms with Crippen molar-refractivity contribution >= 4 is 17.6 Å². The Labute approximate surface area is 88.8 Å². The predicted molar refractivity (Wildman–Crippen MR) is 58.3 cm³/mol. The normalized spacial score (nSPS) is 12.0. The quantitative estimate of drug-likeness (QED) is 0.698. The fourth-order valence-corrected chi connectivity index (χ4v) is 1.93. The van der Waals surface area contributed by atoms with Crippen LogP contribution in [0.15, 0.2) is 10.9 Å². The van der Waals surface area contributed by atoms with Crippen molar-refractivity contribution in [3.63, 3.8) is 0 Å². The number of rotatable bonds is 5.